The van der Waals surface area contributed by atoms with Gasteiger partial charge < -0.3 is 9.47 Å². The van der Waals surface area contributed by atoms with Gasteiger partial charge in [-0.05, 0) is 25.8 Å². The van der Waals surface area contributed by atoms with Crippen molar-refractivity contribution < 1.29 is 14.3 Å². The van der Waals surface area contributed by atoms with Gasteiger partial charge in [0.25, 0.3) is 0 Å². The van der Waals surface area contributed by atoms with Crippen LogP contribution >= 0.6 is 0 Å². The van der Waals surface area contributed by atoms with Crippen molar-refractivity contribution in [2.75, 3.05) is 6.61 Å². The molecule has 0 bridgehead atoms. The highest BCUT2D eigenvalue weighted by Crippen LogP contribution is 2.48. The van der Waals surface area contributed by atoms with Crippen molar-refractivity contribution in [2.24, 2.45) is 11.8 Å². The summed E-state index contributed by atoms with van der Waals surface area (Å²) in [6.07, 6.45) is 3.91. The maximum absolute atomic E-state index is 11.9. The summed E-state index contributed by atoms with van der Waals surface area (Å²) < 4.78 is 10.8. The molecule has 2 fully saturated rings. The average molecular weight is 248 g/mol. The van der Waals surface area contributed by atoms with Gasteiger partial charge in [-0.15, -0.1) is 0 Å². The maximum Gasteiger partial charge on any atom is 0.312 e. The van der Waals surface area contributed by atoms with Gasteiger partial charge in [-0.3, -0.25) is 4.79 Å². The molecule has 0 radical (unpaired) electrons. The Hall–Kier alpha value is -1.49. The minimum Gasteiger partial charge on any atom is -0.459 e. The van der Waals surface area contributed by atoms with E-state index in [0.29, 0.717) is 11.7 Å². The van der Waals surface area contributed by atoms with Crippen molar-refractivity contribution in [3.63, 3.8) is 0 Å². The molecule has 18 heavy (non-hydrogen) atoms. The number of rotatable bonds is 3. The second-order valence-electron chi connectivity index (χ2n) is 4.87. The highest BCUT2D eigenvalue weighted by atomic mass is 16.5. The summed E-state index contributed by atoms with van der Waals surface area (Å²) in [6, 6.07) is 1.76. The van der Waals surface area contributed by atoms with Crippen molar-refractivity contribution in [3.8, 4) is 0 Å². The zero-order valence-corrected chi connectivity index (χ0v) is 10.3. The van der Waals surface area contributed by atoms with E-state index in [1.807, 2.05) is 6.92 Å². The van der Waals surface area contributed by atoms with Crippen LogP contribution in [0.15, 0.2) is 12.3 Å². The summed E-state index contributed by atoms with van der Waals surface area (Å²) in [4.78, 5) is 20.1. The summed E-state index contributed by atoms with van der Waals surface area (Å²) in [7, 11) is 0. The largest absolute Gasteiger partial charge is 0.459 e. The zero-order valence-electron chi connectivity index (χ0n) is 10.3. The molecule has 0 amide bonds. The molecular formula is C13H16N2O3. The minimum atomic E-state index is -0.150. The molecule has 1 aliphatic heterocycles. The second kappa shape index (κ2) is 4.65. The smallest absolute Gasteiger partial charge is 0.312 e. The van der Waals surface area contributed by atoms with Crippen molar-refractivity contribution in [2.45, 2.75) is 32.5 Å². The lowest BCUT2D eigenvalue weighted by atomic mass is 10.2. The van der Waals surface area contributed by atoms with Crippen LogP contribution in [0.3, 0.4) is 0 Å². The number of nitrogens with zero attached hydrogens (tertiary/aromatic N) is 2. The molecule has 1 aromatic rings. The predicted molar refractivity (Wildman–Crippen MR) is 62.5 cm³/mol. The highest BCUT2D eigenvalue weighted by molar-refractivity contribution is 5.77. The number of carbonyl (C=O) groups is 1. The summed E-state index contributed by atoms with van der Waals surface area (Å²) in [6.45, 7) is 2.81. The lowest BCUT2D eigenvalue weighted by molar-refractivity contribution is -0.147. The van der Waals surface area contributed by atoms with Gasteiger partial charge in [-0.2, -0.15) is 0 Å². The Morgan fingerprint density at radius 2 is 2.50 bits per heavy atom. The fraction of sp³-hybridized carbons (Fsp3) is 0.615. The van der Waals surface area contributed by atoms with Gasteiger partial charge in [0.05, 0.1) is 17.7 Å². The number of hydrogen-bond donors (Lipinski definition) is 0. The van der Waals surface area contributed by atoms with E-state index < -0.39 is 0 Å². The monoisotopic (exact) mass is 248 g/mol. The van der Waals surface area contributed by atoms with Gasteiger partial charge in [0, 0.05) is 18.7 Å². The van der Waals surface area contributed by atoms with Gasteiger partial charge in [-0.1, -0.05) is 0 Å². The second-order valence-corrected chi connectivity index (χ2v) is 4.87. The Morgan fingerprint density at radius 3 is 3.22 bits per heavy atom. The van der Waals surface area contributed by atoms with Crippen LogP contribution in [0.25, 0.3) is 0 Å². The molecule has 3 unspecified atom stereocenters. The standard InChI is InChI=1S/C13H16N2O3/c1-8-14-5-4-9(15-8)7-18-13(16)11-10-3-2-6-17-12(10)11/h4-5,10-12H,2-3,6-7H2,1H3. The molecule has 2 aliphatic rings. The summed E-state index contributed by atoms with van der Waals surface area (Å²) in [5.41, 5.74) is 0.736. The number of hydrogen-bond acceptors (Lipinski definition) is 5. The van der Waals surface area contributed by atoms with Crippen LogP contribution in [-0.4, -0.2) is 28.6 Å². The predicted octanol–water partition coefficient (Wildman–Crippen LogP) is 1.25. The van der Waals surface area contributed by atoms with Crippen molar-refractivity contribution in [1.82, 2.24) is 9.97 Å². The Balaban J connectivity index is 1.53. The Bertz CT molecular complexity index is 451. The molecule has 1 saturated heterocycles. The molecule has 0 N–H and O–H groups in total. The first-order valence-electron chi connectivity index (χ1n) is 6.32. The molecule has 96 valence electrons. The van der Waals surface area contributed by atoms with E-state index in [0.717, 1.165) is 25.1 Å². The first-order valence-corrected chi connectivity index (χ1v) is 6.32. The lowest BCUT2D eigenvalue weighted by Crippen LogP contribution is -2.11. The van der Waals surface area contributed by atoms with E-state index in [1.54, 1.807) is 12.3 Å². The van der Waals surface area contributed by atoms with E-state index in [2.05, 4.69) is 9.97 Å². The summed E-state index contributed by atoms with van der Waals surface area (Å²) in [5.74, 6) is 0.879. The quantitative estimate of drug-likeness (QED) is 0.753. The van der Waals surface area contributed by atoms with E-state index in [9.17, 15) is 4.79 Å². The van der Waals surface area contributed by atoms with Gasteiger partial charge in [0.15, 0.2) is 0 Å². The van der Waals surface area contributed by atoms with E-state index in [4.69, 9.17) is 9.47 Å². The van der Waals surface area contributed by atoms with Crippen LogP contribution in [0.1, 0.15) is 24.4 Å². The van der Waals surface area contributed by atoms with Crippen LogP contribution in [0.5, 0.6) is 0 Å². The molecule has 5 heteroatoms. The first kappa shape index (κ1) is 11.6. The van der Waals surface area contributed by atoms with Gasteiger partial charge >= 0.3 is 5.97 Å². The van der Waals surface area contributed by atoms with Crippen LogP contribution in [0.4, 0.5) is 0 Å². The molecule has 3 atom stereocenters. The molecule has 1 aliphatic carbocycles. The van der Waals surface area contributed by atoms with Gasteiger partial charge in [-0.25, -0.2) is 9.97 Å². The van der Waals surface area contributed by atoms with Crippen LogP contribution in [0, 0.1) is 18.8 Å². The molecule has 1 aromatic heterocycles. The topological polar surface area (TPSA) is 61.3 Å². The Morgan fingerprint density at radius 1 is 1.61 bits per heavy atom. The third-order valence-electron chi connectivity index (χ3n) is 3.56. The average Bonchev–Trinajstić information content (AvgIpc) is 3.10. The summed E-state index contributed by atoms with van der Waals surface area (Å²) >= 11 is 0. The minimum absolute atomic E-state index is 0.0459. The normalized spacial score (nSPS) is 29.5. The van der Waals surface area contributed by atoms with E-state index >= 15 is 0 Å². The number of carbonyl (C=O) groups excluding carboxylic acids is 1. The Kier molecular flexibility index (Phi) is 2.99. The van der Waals surface area contributed by atoms with Crippen molar-refractivity contribution >= 4 is 5.97 Å². The molecule has 0 spiro atoms. The fourth-order valence-electron chi connectivity index (χ4n) is 2.59. The Labute approximate surface area is 106 Å². The number of esters is 1. The molecule has 2 heterocycles. The van der Waals surface area contributed by atoms with Crippen LogP contribution in [-0.2, 0) is 20.9 Å². The molecule has 3 rings (SSSR count). The third kappa shape index (κ3) is 2.22. The first-order chi connectivity index (χ1) is 8.75. The number of aryl methyl sites for hydroxylation is 1. The number of ether oxygens (including phenoxy) is 2. The number of fused-ring (bicyclic) bond motifs is 1. The molecule has 1 saturated carbocycles. The third-order valence-corrected chi connectivity index (χ3v) is 3.56. The summed E-state index contributed by atoms with van der Waals surface area (Å²) in [5, 5.41) is 0. The molecule has 0 aromatic carbocycles. The SMILES string of the molecule is Cc1nccc(COC(=O)C2C3CCCOC32)n1. The highest BCUT2D eigenvalue weighted by Gasteiger charge is 2.57. The maximum atomic E-state index is 11.9. The lowest BCUT2D eigenvalue weighted by Gasteiger charge is -2.07. The van der Waals surface area contributed by atoms with E-state index in [1.165, 1.54) is 0 Å². The van der Waals surface area contributed by atoms with Gasteiger partial charge in [0.1, 0.15) is 12.4 Å². The van der Waals surface area contributed by atoms with Crippen molar-refractivity contribution in [3.05, 3.63) is 23.8 Å². The van der Waals surface area contributed by atoms with Crippen LogP contribution in [0.2, 0.25) is 0 Å². The zero-order chi connectivity index (χ0) is 12.5. The fourth-order valence-corrected chi connectivity index (χ4v) is 2.59. The number of aromatic nitrogens is 2. The molecule has 5 nitrogen and oxygen atoms in total. The van der Waals surface area contributed by atoms with Crippen LogP contribution < -0.4 is 0 Å². The van der Waals surface area contributed by atoms with Crippen molar-refractivity contribution in [1.29, 1.82) is 0 Å². The van der Waals surface area contributed by atoms with Gasteiger partial charge in [0.2, 0.25) is 0 Å². The molecular weight excluding hydrogens is 232 g/mol. The van der Waals surface area contributed by atoms with E-state index in [-0.39, 0.29) is 24.6 Å².